The summed E-state index contributed by atoms with van der Waals surface area (Å²) in [5, 5.41) is 23.4. The van der Waals surface area contributed by atoms with Crippen LogP contribution in [0.5, 0.6) is 5.75 Å². The Labute approximate surface area is 127 Å². The molecule has 2 aromatic rings. The standard InChI is InChI=1S/C15H17N3O4/c1-10-14(18(20)21)7-8-15(16-10)17-13(9-19)11-3-5-12(22-2)6-4-11/h3-8,13,19H,9H2,1-2H3,(H,16,17). The molecule has 0 fully saturated rings. The van der Waals surface area contributed by atoms with Gasteiger partial charge in [0.15, 0.2) is 0 Å². The summed E-state index contributed by atoms with van der Waals surface area (Å²) >= 11 is 0. The second-order valence-electron chi connectivity index (χ2n) is 4.71. The number of pyridine rings is 1. The molecule has 2 rings (SSSR count). The van der Waals surface area contributed by atoms with Gasteiger partial charge in [0.25, 0.3) is 5.69 Å². The molecule has 0 aliphatic heterocycles. The zero-order valence-corrected chi connectivity index (χ0v) is 12.3. The van der Waals surface area contributed by atoms with Crippen molar-refractivity contribution in [2.45, 2.75) is 13.0 Å². The number of nitro groups is 1. The molecule has 1 unspecified atom stereocenters. The molecule has 0 radical (unpaired) electrons. The van der Waals surface area contributed by atoms with Gasteiger partial charge in [0.1, 0.15) is 17.3 Å². The fraction of sp³-hybridized carbons (Fsp3) is 0.267. The number of aromatic nitrogens is 1. The number of nitrogens with zero attached hydrogens (tertiary/aromatic N) is 2. The number of nitrogens with one attached hydrogen (secondary N) is 1. The average molecular weight is 303 g/mol. The first-order chi connectivity index (χ1) is 10.5. The van der Waals surface area contributed by atoms with Gasteiger partial charge in [-0.3, -0.25) is 10.1 Å². The Morgan fingerprint density at radius 2 is 2.00 bits per heavy atom. The summed E-state index contributed by atoms with van der Waals surface area (Å²) < 4.78 is 5.09. The SMILES string of the molecule is COc1ccc(C(CO)Nc2ccc([N+](=O)[O-])c(C)n2)cc1. The van der Waals surface area contributed by atoms with Gasteiger partial charge in [-0.2, -0.15) is 0 Å². The molecule has 1 atom stereocenters. The highest BCUT2D eigenvalue weighted by Crippen LogP contribution is 2.23. The summed E-state index contributed by atoms with van der Waals surface area (Å²) in [6.07, 6.45) is 0. The monoisotopic (exact) mass is 303 g/mol. The third kappa shape index (κ3) is 3.50. The third-order valence-electron chi connectivity index (χ3n) is 3.28. The lowest BCUT2D eigenvalue weighted by molar-refractivity contribution is -0.385. The fourth-order valence-electron chi connectivity index (χ4n) is 2.08. The molecule has 0 amide bonds. The van der Waals surface area contributed by atoms with Gasteiger partial charge >= 0.3 is 0 Å². The van der Waals surface area contributed by atoms with Crippen molar-refractivity contribution in [1.29, 1.82) is 0 Å². The average Bonchev–Trinajstić information content (AvgIpc) is 2.52. The summed E-state index contributed by atoms with van der Waals surface area (Å²) in [4.78, 5) is 14.5. The normalized spacial score (nSPS) is 11.8. The van der Waals surface area contributed by atoms with Crippen molar-refractivity contribution >= 4 is 11.5 Å². The van der Waals surface area contributed by atoms with E-state index in [9.17, 15) is 15.2 Å². The van der Waals surface area contributed by atoms with Crippen molar-refractivity contribution in [1.82, 2.24) is 4.98 Å². The summed E-state index contributed by atoms with van der Waals surface area (Å²) in [6, 6.07) is 9.84. The van der Waals surface area contributed by atoms with Crippen LogP contribution in [0.4, 0.5) is 11.5 Å². The number of aliphatic hydroxyl groups excluding tert-OH is 1. The lowest BCUT2D eigenvalue weighted by Gasteiger charge is -2.18. The number of benzene rings is 1. The molecule has 2 N–H and O–H groups in total. The van der Waals surface area contributed by atoms with E-state index in [2.05, 4.69) is 10.3 Å². The molecular weight excluding hydrogens is 286 g/mol. The van der Waals surface area contributed by atoms with E-state index >= 15 is 0 Å². The van der Waals surface area contributed by atoms with Gasteiger partial charge in [-0.25, -0.2) is 4.98 Å². The molecule has 116 valence electrons. The largest absolute Gasteiger partial charge is 0.497 e. The van der Waals surface area contributed by atoms with Crippen LogP contribution in [-0.2, 0) is 0 Å². The number of anilines is 1. The van der Waals surface area contributed by atoms with Crippen molar-refractivity contribution in [3.8, 4) is 5.75 Å². The second-order valence-corrected chi connectivity index (χ2v) is 4.71. The van der Waals surface area contributed by atoms with E-state index in [-0.39, 0.29) is 18.3 Å². The van der Waals surface area contributed by atoms with Gasteiger partial charge < -0.3 is 15.2 Å². The van der Waals surface area contributed by atoms with Crippen LogP contribution >= 0.6 is 0 Å². The number of hydrogen-bond acceptors (Lipinski definition) is 6. The van der Waals surface area contributed by atoms with E-state index in [0.717, 1.165) is 11.3 Å². The van der Waals surface area contributed by atoms with Gasteiger partial charge in [-0.1, -0.05) is 12.1 Å². The van der Waals surface area contributed by atoms with Gasteiger partial charge in [-0.05, 0) is 30.7 Å². The van der Waals surface area contributed by atoms with Crippen molar-refractivity contribution in [2.75, 3.05) is 19.0 Å². The van der Waals surface area contributed by atoms with Crippen LogP contribution in [0.1, 0.15) is 17.3 Å². The van der Waals surface area contributed by atoms with Crippen LogP contribution in [0.15, 0.2) is 36.4 Å². The number of ether oxygens (including phenoxy) is 1. The predicted molar refractivity (Wildman–Crippen MR) is 82.1 cm³/mol. The minimum atomic E-state index is -0.473. The highest BCUT2D eigenvalue weighted by atomic mass is 16.6. The van der Waals surface area contributed by atoms with Crippen LogP contribution in [-0.4, -0.2) is 28.7 Å². The predicted octanol–water partition coefficient (Wildman–Crippen LogP) is 2.45. The molecule has 0 aliphatic rings. The molecule has 0 spiro atoms. The number of rotatable bonds is 6. The van der Waals surface area contributed by atoms with E-state index < -0.39 is 4.92 Å². The van der Waals surface area contributed by atoms with Gasteiger partial charge in [-0.15, -0.1) is 0 Å². The van der Waals surface area contributed by atoms with E-state index in [1.807, 2.05) is 12.1 Å². The molecule has 7 nitrogen and oxygen atoms in total. The lowest BCUT2D eigenvalue weighted by Crippen LogP contribution is -2.16. The smallest absolute Gasteiger partial charge is 0.290 e. The minimum Gasteiger partial charge on any atom is -0.497 e. The Morgan fingerprint density at radius 3 is 2.50 bits per heavy atom. The van der Waals surface area contributed by atoms with Crippen LogP contribution in [0.25, 0.3) is 0 Å². The maximum absolute atomic E-state index is 10.8. The molecule has 0 saturated carbocycles. The minimum absolute atomic E-state index is 0.0319. The Hall–Kier alpha value is -2.67. The molecule has 1 aromatic carbocycles. The molecular formula is C15H17N3O4. The Morgan fingerprint density at radius 1 is 1.32 bits per heavy atom. The third-order valence-corrected chi connectivity index (χ3v) is 3.28. The number of aryl methyl sites for hydroxylation is 1. The van der Waals surface area contributed by atoms with Gasteiger partial charge in [0.05, 0.1) is 24.7 Å². The Bertz CT molecular complexity index is 658. The van der Waals surface area contributed by atoms with E-state index in [1.54, 1.807) is 26.2 Å². The maximum Gasteiger partial charge on any atom is 0.290 e. The molecule has 0 saturated heterocycles. The fourth-order valence-corrected chi connectivity index (χ4v) is 2.08. The molecule has 0 aliphatic carbocycles. The lowest BCUT2D eigenvalue weighted by atomic mass is 10.1. The van der Waals surface area contributed by atoms with E-state index in [4.69, 9.17) is 4.74 Å². The van der Waals surface area contributed by atoms with E-state index in [1.165, 1.54) is 12.1 Å². The number of methoxy groups -OCH3 is 1. The summed E-state index contributed by atoms with van der Waals surface area (Å²) in [6.45, 7) is 1.44. The Balaban J connectivity index is 2.19. The first-order valence-corrected chi connectivity index (χ1v) is 6.68. The molecule has 1 heterocycles. The summed E-state index contributed by atoms with van der Waals surface area (Å²) in [5.74, 6) is 1.20. The van der Waals surface area contributed by atoms with Crippen LogP contribution < -0.4 is 10.1 Å². The number of aliphatic hydroxyl groups is 1. The Kier molecular flexibility index (Phi) is 4.90. The van der Waals surface area contributed by atoms with Crippen LogP contribution in [0.2, 0.25) is 0 Å². The number of hydrogen-bond donors (Lipinski definition) is 2. The maximum atomic E-state index is 10.8. The molecule has 1 aromatic heterocycles. The van der Waals surface area contributed by atoms with Crippen LogP contribution in [0, 0.1) is 17.0 Å². The highest BCUT2D eigenvalue weighted by Gasteiger charge is 2.15. The highest BCUT2D eigenvalue weighted by molar-refractivity contribution is 5.46. The van der Waals surface area contributed by atoms with Crippen LogP contribution in [0.3, 0.4) is 0 Å². The topological polar surface area (TPSA) is 97.5 Å². The molecule has 22 heavy (non-hydrogen) atoms. The summed E-state index contributed by atoms with van der Waals surface area (Å²) in [7, 11) is 1.58. The quantitative estimate of drug-likeness (QED) is 0.628. The second kappa shape index (κ2) is 6.86. The van der Waals surface area contributed by atoms with Gasteiger partial charge in [0.2, 0.25) is 0 Å². The van der Waals surface area contributed by atoms with Crippen molar-refractivity contribution in [3.05, 3.63) is 57.8 Å². The first-order valence-electron chi connectivity index (χ1n) is 6.68. The van der Waals surface area contributed by atoms with Gasteiger partial charge in [0, 0.05) is 6.07 Å². The zero-order valence-electron chi connectivity index (χ0n) is 12.3. The van der Waals surface area contributed by atoms with Crippen molar-refractivity contribution in [3.63, 3.8) is 0 Å². The first kappa shape index (κ1) is 15.7. The zero-order chi connectivity index (χ0) is 16.1. The van der Waals surface area contributed by atoms with Crippen molar-refractivity contribution in [2.24, 2.45) is 0 Å². The van der Waals surface area contributed by atoms with Crippen molar-refractivity contribution < 1.29 is 14.8 Å². The molecule has 7 heteroatoms. The molecule has 0 bridgehead atoms. The van der Waals surface area contributed by atoms with E-state index in [0.29, 0.717) is 11.5 Å². The summed E-state index contributed by atoms with van der Waals surface area (Å²) in [5.41, 5.74) is 1.15.